The Morgan fingerprint density at radius 1 is 1.03 bits per heavy atom. The quantitative estimate of drug-likeness (QED) is 0.273. The third-order valence-electron chi connectivity index (χ3n) is 6.13. The number of alkyl carbamates (subject to hydrolysis) is 1. The number of nitrogens with zero attached hydrogens (tertiary/aromatic N) is 1. The van der Waals surface area contributed by atoms with E-state index in [1.165, 1.54) is 17.0 Å². The fourth-order valence-corrected chi connectivity index (χ4v) is 4.32. The van der Waals surface area contributed by atoms with Gasteiger partial charge in [0.2, 0.25) is 5.91 Å². The lowest BCUT2D eigenvalue weighted by molar-refractivity contribution is -0.141. The van der Waals surface area contributed by atoms with Crippen LogP contribution in [0.1, 0.15) is 84.4 Å². The van der Waals surface area contributed by atoms with E-state index in [1.54, 1.807) is 32.9 Å². The average Bonchev–Trinajstić information content (AvgIpc) is 2.82. The van der Waals surface area contributed by atoms with Crippen LogP contribution >= 0.6 is 0 Å². The number of amides is 3. The number of aryl methyl sites for hydroxylation is 1. The number of aromatic hydroxyl groups is 1. The van der Waals surface area contributed by atoms with Crippen LogP contribution in [0.3, 0.4) is 0 Å². The molecule has 0 radical (unpaired) electrons. The van der Waals surface area contributed by atoms with Crippen LogP contribution in [0.5, 0.6) is 5.75 Å². The Morgan fingerprint density at radius 3 is 2.31 bits per heavy atom. The standard InChI is InChI=1S/C31H45N3O5/c1-8-9-12-18-34(29(37)26(19-21(2)3)33-30(38)39-31(5,6)7)27(23-15-13-16-24(35)20-23)28(36)32-25-17-11-10-14-22(25)4/h10-11,13-17,20-21,26-27,35H,8-9,12,18-19H2,1-7H3,(H,32,36)(H,33,38). The third kappa shape index (κ3) is 10.3. The lowest BCUT2D eigenvalue weighted by Gasteiger charge is -2.35. The molecule has 0 heterocycles. The summed E-state index contributed by atoms with van der Waals surface area (Å²) in [5.41, 5.74) is 1.27. The first-order valence-electron chi connectivity index (χ1n) is 13.8. The SMILES string of the molecule is CCCCCN(C(=O)C(CC(C)C)NC(=O)OC(C)(C)C)C(C(=O)Nc1ccccc1C)c1cccc(O)c1. The van der Waals surface area contributed by atoms with Gasteiger partial charge in [-0.3, -0.25) is 9.59 Å². The topological polar surface area (TPSA) is 108 Å². The molecule has 2 aromatic carbocycles. The number of hydrogen-bond acceptors (Lipinski definition) is 5. The van der Waals surface area contributed by atoms with Crippen LogP contribution < -0.4 is 10.6 Å². The zero-order valence-corrected chi connectivity index (χ0v) is 24.4. The molecule has 3 amide bonds. The Hall–Kier alpha value is -3.55. The highest BCUT2D eigenvalue weighted by Crippen LogP contribution is 2.28. The number of benzene rings is 2. The second kappa shape index (κ2) is 14.6. The first kappa shape index (κ1) is 31.7. The maximum Gasteiger partial charge on any atom is 0.408 e. The average molecular weight is 540 g/mol. The number of hydrogen-bond donors (Lipinski definition) is 3. The van der Waals surface area contributed by atoms with E-state index in [9.17, 15) is 19.5 Å². The lowest BCUT2D eigenvalue weighted by Crippen LogP contribution is -2.53. The first-order chi connectivity index (χ1) is 18.3. The highest BCUT2D eigenvalue weighted by Gasteiger charge is 2.36. The van der Waals surface area contributed by atoms with Crippen molar-refractivity contribution in [2.24, 2.45) is 5.92 Å². The molecule has 0 saturated heterocycles. The number of para-hydroxylation sites is 1. The zero-order chi connectivity index (χ0) is 29.2. The molecular formula is C31H45N3O5. The fourth-order valence-electron chi connectivity index (χ4n) is 4.32. The van der Waals surface area contributed by atoms with Crippen molar-refractivity contribution in [2.75, 3.05) is 11.9 Å². The molecule has 3 N–H and O–H groups in total. The Bertz CT molecular complexity index is 1110. The van der Waals surface area contributed by atoms with Gasteiger partial charge in [0.25, 0.3) is 5.91 Å². The number of phenols is 1. The van der Waals surface area contributed by atoms with Gasteiger partial charge in [-0.05, 0) is 75.8 Å². The minimum absolute atomic E-state index is 0.00670. The molecule has 0 aromatic heterocycles. The van der Waals surface area contributed by atoms with E-state index in [2.05, 4.69) is 17.6 Å². The molecule has 0 bridgehead atoms. The summed E-state index contributed by atoms with van der Waals surface area (Å²) in [6.07, 6.45) is 2.16. The molecule has 0 aliphatic carbocycles. The number of phenolic OH excluding ortho intramolecular Hbond substituents is 1. The van der Waals surface area contributed by atoms with Crippen LogP contribution in [0.4, 0.5) is 10.5 Å². The van der Waals surface area contributed by atoms with Crippen molar-refractivity contribution in [2.45, 2.75) is 91.8 Å². The van der Waals surface area contributed by atoms with Crippen molar-refractivity contribution >= 4 is 23.6 Å². The van der Waals surface area contributed by atoms with Gasteiger partial charge in [0.1, 0.15) is 23.4 Å². The van der Waals surface area contributed by atoms with E-state index in [0.29, 0.717) is 30.6 Å². The summed E-state index contributed by atoms with van der Waals surface area (Å²) in [4.78, 5) is 42.4. The van der Waals surface area contributed by atoms with Gasteiger partial charge in [0.15, 0.2) is 0 Å². The molecule has 2 atom stereocenters. The number of anilines is 1. The van der Waals surface area contributed by atoms with Crippen LogP contribution in [0, 0.1) is 12.8 Å². The molecular weight excluding hydrogens is 494 g/mol. The van der Waals surface area contributed by atoms with Gasteiger partial charge in [-0.1, -0.05) is 63.9 Å². The van der Waals surface area contributed by atoms with Gasteiger partial charge < -0.3 is 25.4 Å². The summed E-state index contributed by atoms with van der Waals surface area (Å²) >= 11 is 0. The molecule has 2 unspecified atom stereocenters. The van der Waals surface area contributed by atoms with Crippen molar-refractivity contribution in [3.8, 4) is 5.75 Å². The largest absolute Gasteiger partial charge is 0.508 e. The van der Waals surface area contributed by atoms with E-state index in [4.69, 9.17) is 4.74 Å². The van der Waals surface area contributed by atoms with Crippen LogP contribution in [0.2, 0.25) is 0 Å². The predicted octanol–water partition coefficient (Wildman–Crippen LogP) is 6.34. The molecule has 0 saturated carbocycles. The van der Waals surface area contributed by atoms with Gasteiger partial charge in [0, 0.05) is 12.2 Å². The molecule has 8 nitrogen and oxygen atoms in total. The summed E-state index contributed by atoms with van der Waals surface area (Å²) in [5.74, 6) is -0.696. The number of carbonyl (C=O) groups is 3. The van der Waals surface area contributed by atoms with Crippen molar-refractivity contribution in [1.29, 1.82) is 0 Å². The number of carbonyl (C=O) groups excluding carboxylic acids is 3. The highest BCUT2D eigenvalue weighted by atomic mass is 16.6. The monoisotopic (exact) mass is 539 g/mol. The second-order valence-corrected chi connectivity index (χ2v) is 11.4. The first-order valence-corrected chi connectivity index (χ1v) is 13.8. The summed E-state index contributed by atoms with van der Waals surface area (Å²) in [6, 6.07) is 11.9. The smallest absolute Gasteiger partial charge is 0.408 e. The maximum absolute atomic E-state index is 14.2. The van der Waals surface area contributed by atoms with Crippen LogP contribution in [-0.2, 0) is 14.3 Å². The molecule has 8 heteroatoms. The predicted molar refractivity (Wildman–Crippen MR) is 155 cm³/mol. The highest BCUT2D eigenvalue weighted by molar-refractivity contribution is 5.99. The number of ether oxygens (including phenoxy) is 1. The van der Waals surface area contributed by atoms with E-state index < -0.39 is 29.7 Å². The summed E-state index contributed by atoms with van der Waals surface area (Å²) in [6.45, 7) is 13.5. The van der Waals surface area contributed by atoms with Gasteiger partial charge in [0.05, 0.1) is 0 Å². The van der Waals surface area contributed by atoms with Crippen molar-refractivity contribution in [1.82, 2.24) is 10.2 Å². The third-order valence-corrected chi connectivity index (χ3v) is 6.13. The number of nitrogens with one attached hydrogen (secondary N) is 2. The molecule has 2 aromatic rings. The maximum atomic E-state index is 14.2. The molecule has 0 aliphatic heterocycles. The summed E-state index contributed by atoms with van der Waals surface area (Å²) in [5, 5.41) is 16.0. The van der Waals surface area contributed by atoms with Crippen LogP contribution in [0.15, 0.2) is 48.5 Å². The van der Waals surface area contributed by atoms with Gasteiger partial charge in [-0.2, -0.15) is 0 Å². The Morgan fingerprint density at radius 2 is 1.72 bits per heavy atom. The Labute approximate surface area is 233 Å². The molecule has 0 aliphatic rings. The van der Waals surface area contributed by atoms with Crippen LogP contribution in [0.25, 0.3) is 0 Å². The minimum atomic E-state index is -1.03. The second-order valence-electron chi connectivity index (χ2n) is 11.4. The van der Waals surface area contributed by atoms with Crippen molar-refractivity contribution in [3.05, 3.63) is 59.7 Å². The van der Waals surface area contributed by atoms with Gasteiger partial charge in [-0.25, -0.2) is 4.79 Å². The molecule has 2 rings (SSSR count). The van der Waals surface area contributed by atoms with Crippen molar-refractivity contribution in [3.63, 3.8) is 0 Å². The van der Waals surface area contributed by atoms with Crippen LogP contribution in [-0.4, -0.2) is 46.1 Å². The normalized spacial score (nSPS) is 12.9. The zero-order valence-electron chi connectivity index (χ0n) is 24.4. The summed E-state index contributed by atoms with van der Waals surface area (Å²) < 4.78 is 5.45. The van der Waals surface area contributed by atoms with E-state index >= 15 is 0 Å². The lowest BCUT2D eigenvalue weighted by atomic mass is 9.98. The fraction of sp³-hybridized carbons (Fsp3) is 0.516. The van der Waals surface area contributed by atoms with E-state index in [0.717, 1.165) is 18.4 Å². The van der Waals surface area contributed by atoms with E-state index in [1.807, 2.05) is 45.0 Å². The van der Waals surface area contributed by atoms with Crippen molar-refractivity contribution < 1.29 is 24.2 Å². The Kier molecular flexibility index (Phi) is 11.8. The van der Waals surface area contributed by atoms with Gasteiger partial charge >= 0.3 is 6.09 Å². The van der Waals surface area contributed by atoms with E-state index in [-0.39, 0.29) is 17.6 Å². The van der Waals surface area contributed by atoms with Gasteiger partial charge in [-0.15, -0.1) is 0 Å². The molecule has 39 heavy (non-hydrogen) atoms. The molecule has 0 fully saturated rings. The number of unbranched alkanes of at least 4 members (excludes halogenated alkanes) is 2. The number of rotatable bonds is 12. The summed E-state index contributed by atoms with van der Waals surface area (Å²) in [7, 11) is 0. The molecule has 214 valence electrons. The molecule has 0 spiro atoms. The minimum Gasteiger partial charge on any atom is -0.508 e. The Balaban J connectivity index is 2.54.